The number of methoxy groups -OCH3 is 1. The van der Waals surface area contributed by atoms with E-state index in [-0.39, 0.29) is 28.3 Å². The third-order valence-electron chi connectivity index (χ3n) is 6.23. The van der Waals surface area contributed by atoms with Gasteiger partial charge in [0.2, 0.25) is 0 Å². The molecule has 4 fully saturated rings. The molecule has 1 aromatic rings. The number of ether oxygens (including phenoxy) is 1. The van der Waals surface area contributed by atoms with E-state index in [0.717, 1.165) is 25.3 Å². The summed E-state index contributed by atoms with van der Waals surface area (Å²) < 4.78 is 4.65. The number of rotatable bonds is 4. The summed E-state index contributed by atoms with van der Waals surface area (Å²) in [5.41, 5.74) is -0.335. The van der Waals surface area contributed by atoms with Crippen molar-refractivity contribution in [3.63, 3.8) is 0 Å². The summed E-state index contributed by atoms with van der Waals surface area (Å²) in [7, 11) is 1.20. The molecule has 4 aliphatic rings. The first-order valence-electron chi connectivity index (χ1n) is 9.08. The number of carbonyl (C=O) groups is 2. The largest absolute Gasteiger partial charge is 0.465 e. The molecule has 138 valence electrons. The Hall–Kier alpha value is -2.44. The molecule has 4 saturated carbocycles. The zero-order chi connectivity index (χ0) is 18.5. The van der Waals surface area contributed by atoms with Crippen LogP contribution < -0.4 is 5.32 Å². The molecule has 4 aliphatic carbocycles. The number of non-ortho nitro benzene ring substituents is 1. The number of amides is 1. The molecule has 0 heterocycles. The van der Waals surface area contributed by atoms with Gasteiger partial charge in [-0.25, -0.2) is 4.79 Å². The monoisotopic (exact) mass is 358 g/mol. The minimum absolute atomic E-state index is 0.0114. The normalized spacial score (nSPS) is 31.5. The second kappa shape index (κ2) is 6.07. The topological polar surface area (TPSA) is 98.5 Å². The fraction of sp³-hybridized carbons (Fsp3) is 0.579. The molecule has 1 amide bonds. The molecule has 7 nitrogen and oxygen atoms in total. The second-order valence-electron chi connectivity index (χ2n) is 8.17. The van der Waals surface area contributed by atoms with Gasteiger partial charge in [0.1, 0.15) is 0 Å². The molecule has 0 unspecified atom stereocenters. The van der Waals surface area contributed by atoms with Crippen LogP contribution in [0.5, 0.6) is 0 Å². The lowest BCUT2D eigenvalue weighted by Crippen LogP contribution is -2.59. The van der Waals surface area contributed by atoms with Crippen LogP contribution in [0.3, 0.4) is 0 Å². The lowest BCUT2D eigenvalue weighted by Gasteiger charge is -2.56. The molecule has 0 spiro atoms. The quantitative estimate of drug-likeness (QED) is 0.507. The van der Waals surface area contributed by atoms with E-state index in [4.69, 9.17) is 0 Å². The van der Waals surface area contributed by atoms with Gasteiger partial charge in [-0.3, -0.25) is 14.9 Å². The van der Waals surface area contributed by atoms with Gasteiger partial charge in [-0.15, -0.1) is 0 Å². The number of nitro groups is 1. The SMILES string of the molecule is COC(=O)c1cc(C(=O)NC23CC4CC(CC(C4)C2)C3)cc([N+](=O)[O-])c1. The predicted molar refractivity (Wildman–Crippen MR) is 92.8 cm³/mol. The Morgan fingerprint density at radius 3 is 2.12 bits per heavy atom. The van der Waals surface area contributed by atoms with Gasteiger partial charge in [-0.05, 0) is 62.3 Å². The summed E-state index contributed by atoms with van der Waals surface area (Å²) in [6, 6.07) is 3.73. The van der Waals surface area contributed by atoms with E-state index in [2.05, 4.69) is 10.1 Å². The lowest BCUT2D eigenvalue weighted by molar-refractivity contribution is -0.384. The van der Waals surface area contributed by atoms with Crippen LogP contribution in [0.1, 0.15) is 59.2 Å². The fourth-order valence-electron chi connectivity index (χ4n) is 5.66. The number of hydrogen-bond donors (Lipinski definition) is 1. The molecule has 26 heavy (non-hydrogen) atoms. The maximum atomic E-state index is 12.9. The van der Waals surface area contributed by atoms with E-state index in [1.54, 1.807) is 0 Å². The first kappa shape index (κ1) is 17.0. The van der Waals surface area contributed by atoms with Crippen molar-refractivity contribution in [3.05, 3.63) is 39.4 Å². The summed E-state index contributed by atoms with van der Waals surface area (Å²) in [4.78, 5) is 35.2. The Kier molecular flexibility index (Phi) is 3.97. The van der Waals surface area contributed by atoms with Gasteiger partial charge in [-0.1, -0.05) is 0 Å². The van der Waals surface area contributed by atoms with Crippen LogP contribution in [0, 0.1) is 27.9 Å². The van der Waals surface area contributed by atoms with Crippen LogP contribution in [0.4, 0.5) is 5.69 Å². The Morgan fingerprint density at radius 2 is 1.62 bits per heavy atom. The molecule has 1 N–H and O–H groups in total. The third-order valence-corrected chi connectivity index (χ3v) is 6.23. The van der Waals surface area contributed by atoms with Gasteiger partial charge < -0.3 is 10.1 Å². The van der Waals surface area contributed by atoms with Gasteiger partial charge in [0.15, 0.2) is 0 Å². The lowest BCUT2D eigenvalue weighted by atomic mass is 9.53. The summed E-state index contributed by atoms with van der Waals surface area (Å²) >= 11 is 0. The first-order chi connectivity index (χ1) is 12.4. The van der Waals surface area contributed by atoms with Crippen LogP contribution in [0.15, 0.2) is 18.2 Å². The predicted octanol–water partition coefficient (Wildman–Crippen LogP) is 3.08. The van der Waals surface area contributed by atoms with Crippen molar-refractivity contribution in [2.45, 2.75) is 44.1 Å². The van der Waals surface area contributed by atoms with Crippen molar-refractivity contribution in [1.29, 1.82) is 0 Å². The number of nitro benzene ring substituents is 1. The molecule has 7 heteroatoms. The Balaban J connectivity index is 1.61. The van der Waals surface area contributed by atoms with Crippen LogP contribution in [0.2, 0.25) is 0 Å². The number of nitrogens with zero attached hydrogens (tertiary/aromatic N) is 1. The highest BCUT2D eigenvalue weighted by Crippen LogP contribution is 2.55. The Labute approximate surface area is 151 Å². The van der Waals surface area contributed by atoms with Crippen LogP contribution in [-0.4, -0.2) is 29.4 Å². The van der Waals surface area contributed by atoms with Gasteiger partial charge in [0.25, 0.3) is 11.6 Å². The van der Waals surface area contributed by atoms with E-state index in [0.29, 0.717) is 17.8 Å². The maximum Gasteiger partial charge on any atom is 0.338 e. The molecule has 1 aromatic carbocycles. The van der Waals surface area contributed by atoms with Gasteiger partial charge in [0, 0.05) is 23.2 Å². The number of benzene rings is 1. The average Bonchev–Trinajstić information content (AvgIpc) is 2.59. The van der Waals surface area contributed by atoms with Crippen LogP contribution in [-0.2, 0) is 4.74 Å². The number of hydrogen-bond acceptors (Lipinski definition) is 5. The Bertz CT molecular complexity index is 753. The standard InChI is InChI=1S/C19H22N2O5/c1-26-18(23)15-5-14(6-16(7-15)21(24)25)17(22)20-19-8-11-2-12(9-19)4-13(3-11)10-19/h5-7,11-13H,2-4,8-10H2,1H3,(H,20,22). The fourth-order valence-corrected chi connectivity index (χ4v) is 5.66. The van der Waals surface area contributed by atoms with Gasteiger partial charge >= 0.3 is 5.97 Å². The van der Waals surface area contributed by atoms with Crippen molar-refractivity contribution in [3.8, 4) is 0 Å². The highest BCUT2D eigenvalue weighted by atomic mass is 16.6. The minimum atomic E-state index is -0.697. The van der Waals surface area contributed by atoms with Crippen LogP contribution >= 0.6 is 0 Å². The molecular formula is C19H22N2O5. The zero-order valence-electron chi connectivity index (χ0n) is 14.7. The van der Waals surface area contributed by atoms with Gasteiger partial charge in [0.05, 0.1) is 17.6 Å². The van der Waals surface area contributed by atoms with Gasteiger partial charge in [-0.2, -0.15) is 0 Å². The van der Waals surface area contributed by atoms with E-state index in [1.165, 1.54) is 38.5 Å². The van der Waals surface area contributed by atoms with E-state index < -0.39 is 10.9 Å². The average molecular weight is 358 g/mol. The molecule has 5 rings (SSSR count). The molecular weight excluding hydrogens is 336 g/mol. The summed E-state index contributed by atoms with van der Waals surface area (Å²) in [5.74, 6) is 0.991. The molecule has 0 radical (unpaired) electrons. The smallest absolute Gasteiger partial charge is 0.338 e. The molecule has 0 saturated heterocycles. The highest BCUT2D eigenvalue weighted by molar-refractivity contribution is 5.99. The zero-order valence-corrected chi connectivity index (χ0v) is 14.7. The minimum Gasteiger partial charge on any atom is -0.465 e. The van der Waals surface area contributed by atoms with E-state index >= 15 is 0 Å². The van der Waals surface area contributed by atoms with E-state index in [1.807, 2.05) is 0 Å². The number of esters is 1. The molecule has 4 bridgehead atoms. The molecule has 0 atom stereocenters. The summed E-state index contributed by atoms with van der Waals surface area (Å²) in [5, 5.41) is 14.3. The van der Waals surface area contributed by atoms with Crippen molar-refractivity contribution >= 4 is 17.6 Å². The van der Waals surface area contributed by atoms with Crippen molar-refractivity contribution in [1.82, 2.24) is 5.32 Å². The maximum absolute atomic E-state index is 12.9. The second-order valence-corrected chi connectivity index (χ2v) is 8.17. The third kappa shape index (κ3) is 2.95. The number of nitrogens with one attached hydrogen (secondary N) is 1. The summed E-state index contributed by atoms with van der Waals surface area (Å²) in [6.45, 7) is 0. The van der Waals surface area contributed by atoms with Crippen molar-refractivity contribution in [2.24, 2.45) is 17.8 Å². The first-order valence-corrected chi connectivity index (χ1v) is 9.08. The van der Waals surface area contributed by atoms with E-state index in [9.17, 15) is 19.7 Å². The molecule has 0 aliphatic heterocycles. The Morgan fingerprint density at radius 1 is 1.08 bits per heavy atom. The van der Waals surface area contributed by atoms with Crippen LogP contribution in [0.25, 0.3) is 0 Å². The van der Waals surface area contributed by atoms with Crippen molar-refractivity contribution in [2.75, 3.05) is 7.11 Å². The highest BCUT2D eigenvalue weighted by Gasteiger charge is 2.51. The molecule has 0 aromatic heterocycles. The van der Waals surface area contributed by atoms with Crippen molar-refractivity contribution < 1.29 is 19.2 Å². The summed E-state index contributed by atoms with van der Waals surface area (Å²) in [6.07, 6.45) is 6.76. The number of carbonyl (C=O) groups excluding carboxylic acids is 2.